The smallest absolute Gasteiger partial charge is 0.248 e. The average molecular weight is 295 g/mol. The molecule has 2 amide bonds. The summed E-state index contributed by atoms with van der Waals surface area (Å²) in [5.74, 6) is 5.32. The van der Waals surface area contributed by atoms with E-state index in [1.165, 1.54) is 7.11 Å². The third-order valence-corrected chi connectivity index (χ3v) is 2.88. The molecule has 0 saturated heterocycles. The van der Waals surface area contributed by atoms with Gasteiger partial charge in [-0.1, -0.05) is 0 Å². The molecule has 7 heteroatoms. The molecule has 0 saturated carbocycles. The molecule has 1 rings (SSSR count). The number of carbonyl (C=O) groups is 2. The van der Waals surface area contributed by atoms with Gasteiger partial charge >= 0.3 is 0 Å². The lowest BCUT2D eigenvalue weighted by atomic mass is 10.2. The summed E-state index contributed by atoms with van der Waals surface area (Å²) in [7, 11) is 1.51. The SMILES string of the molecule is COc1cc(OCCCCCC(=O)NN)cc(C(N)=O)c1. The van der Waals surface area contributed by atoms with Crippen LogP contribution in [0.1, 0.15) is 36.0 Å². The van der Waals surface area contributed by atoms with Crippen LogP contribution in [0.3, 0.4) is 0 Å². The Kier molecular flexibility index (Phi) is 7.03. The zero-order valence-electron chi connectivity index (χ0n) is 12.1. The maximum absolute atomic E-state index is 11.2. The van der Waals surface area contributed by atoms with Crippen LogP contribution in [-0.2, 0) is 4.79 Å². The quantitative estimate of drug-likeness (QED) is 0.269. The Hall–Kier alpha value is -2.28. The molecule has 21 heavy (non-hydrogen) atoms. The topological polar surface area (TPSA) is 117 Å². The van der Waals surface area contributed by atoms with Gasteiger partial charge in [0.1, 0.15) is 11.5 Å². The van der Waals surface area contributed by atoms with Crippen LogP contribution in [0.2, 0.25) is 0 Å². The minimum absolute atomic E-state index is 0.171. The Morgan fingerprint density at radius 3 is 2.48 bits per heavy atom. The molecule has 0 fully saturated rings. The molecule has 0 spiro atoms. The fourth-order valence-corrected chi connectivity index (χ4v) is 1.74. The van der Waals surface area contributed by atoms with Crippen molar-refractivity contribution in [2.75, 3.05) is 13.7 Å². The second-order valence-electron chi connectivity index (χ2n) is 4.49. The van der Waals surface area contributed by atoms with E-state index < -0.39 is 5.91 Å². The molecule has 0 unspecified atom stereocenters. The number of rotatable bonds is 9. The zero-order chi connectivity index (χ0) is 15.7. The van der Waals surface area contributed by atoms with E-state index >= 15 is 0 Å². The third-order valence-electron chi connectivity index (χ3n) is 2.88. The predicted molar refractivity (Wildman–Crippen MR) is 77.8 cm³/mol. The minimum atomic E-state index is -0.536. The number of primary amides is 1. The van der Waals surface area contributed by atoms with Crippen LogP contribution < -0.4 is 26.5 Å². The highest BCUT2D eigenvalue weighted by atomic mass is 16.5. The molecule has 1 aromatic carbocycles. The van der Waals surface area contributed by atoms with E-state index in [2.05, 4.69) is 5.43 Å². The van der Waals surface area contributed by atoms with Crippen LogP contribution in [0.15, 0.2) is 18.2 Å². The molecule has 0 radical (unpaired) electrons. The number of methoxy groups -OCH3 is 1. The summed E-state index contributed by atoms with van der Waals surface area (Å²) in [6.45, 7) is 0.482. The summed E-state index contributed by atoms with van der Waals surface area (Å²) in [6, 6.07) is 4.82. The third kappa shape index (κ3) is 6.13. The molecule has 0 aliphatic rings. The van der Waals surface area contributed by atoms with Gasteiger partial charge in [0, 0.05) is 18.1 Å². The Balaban J connectivity index is 2.39. The summed E-state index contributed by atoms with van der Waals surface area (Å²) in [4.78, 5) is 22.1. The van der Waals surface area contributed by atoms with Crippen molar-refractivity contribution >= 4 is 11.8 Å². The highest BCUT2D eigenvalue weighted by Crippen LogP contribution is 2.22. The summed E-state index contributed by atoms with van der Waals surface area (Å²) in [5, 5.41) is 0. The van der Waals surface area contributed by atoms with Crippen molar-refractivity contribution in [3.63, 3.8) is 0 Å². The Morgan fingerprint density at radius 2 is 1.86 bits per heavy atom. The number of amides is 2. The van der Waals surface area contributed by atoms with Crippen molar-refractivity contribution in [2.45, 2.75) is 25.7 Å². The van der Waals surface area contributed by atoms with Crippen molar-refractivity contribution in [1.29, 1.82) is 0 Å². The number of hydrazine groups is 1. The van der Waals surface area contributed by atoms with Crippen LogP contribution in [0.25, 0.3) is 0 Å². The van der Waals surface area contributed by atoms with E-state index in [1.807, 2.05) is 0 Å². The maximum atomic E-state index is 11.2. The van der Waals surface area contributed by atoms with Gasteiger partial charge in [-0.05, 0) is 31.4 Å². The first-order chi connectivity index (χ1) is 10.1. The first kappa shape index (κ1) is 16.8. The summed E-state index contributed by atoms with van der Waals surface area (Å²) in [6.07, 6.45) is 2.79. The summed E-state index contributed by atoms with van der Waals surface area (Å²) < 4.78 is 10.6. The van der Waals surface area contributed by atoms with Crippen molar-refractivity contribution in [2.24, 2.45) is 11.6 Å². The van der Waals surface area contributed by atoms with Gasteiger partial charge in [0.25, 0.3) is 0 Å². The lowest BCUT2D eigenvalue weighted by Gasteiger charge is -2.09. The van der Waals surface area contributed by atoms with E-state index in [9.17, 15) is 9.59 Å². The van der Waals surface area contributed by atoms with Crippen molar-refractivity contribution in [3.05, 3.63) is 23.8 Å². The second-order valence-corrected chi connectivity index (χ2v) is 4.49. The minimum Gasteiger partial charge on any atom is -0.497 e. The van der Waals surface area contributed by atoms with E-state index in [-0.39, 0.29) is 5.91 Å². The first-order valence-corrected chi connectivity index (χ1v) is 6.68. The Bertz CT molecular complexity index is 491. The number of carbonyl (C=O) groups excluding carboxylic acids is 2. The molecule has 1 aromatic rings. The van der Waals surface area contributed by atoms with Crippen LogP contribution in [0, 0.1) is 0 Å². The highest BCUT2D eigenvalue weighted by molar-refractivity contribution is 5.93. The highest BCUT2D eigenvalue weighted by Gasteiger charge is 2.07. The summed E-state index contributed by atoms with van der Waals surface area (Å²) in [5.41, 5.74) is 7.66. The number of hydrogen-bond donors (Lipinski definition) is 3. The standard InChI is InChI=1S/C14H21N3O4/c1-20-11-7-10(14(15)19)8-12(9-11)21-6-4-2-3-5-13(18)17-16/h7-9H,2-6,16H2,1H3,(H2,15,19)(H,17,18). The first-order valence-electron chi connectivity index (χ1n) is 6.68. The second kappa shape index (κ2) is 8.80. The monoisotopic (exact) mass is 295 g/mol. The van der Waals surface area contributed by atoms with Gasteiger partial charge < -0.3 is 15.2 Å². The Morgan fingerprint density at radius 1 is 1.14 bits per heavy atom. The summed E-state index contributed by atoms with van der Waals surface area (Å²) >= 11 is 0. The maximum Gasteiger partial charge on any atom is 0.248 e. The molecule has 116 valence electrons. The van der Waals surface area contributed by atoms with Crippen LogP contribution in [0.5, 0.6) is 11.5 Å². The lowest BCUT2D eigenvalue weighted by Crippen LogP contribution is -2.29. The van der Waals surface area contributed by atoms with Gasteiger partial charge in [0.05, 0.1) is 13.7 Å². The van der Waals surface area contributed by atoms with Crippen molar-refractivity contribution in [3.8, 4) is 11.5 Å². The molecule has 0 atom stereocenters. The van der Waals surface area contributed by atoms with Gasteiger partial charge in [-0.3, -0.25) is 15.0 Å². The molecule has 7 nitrogen and oxygen atoms in total. The Labute approximate surface area is 123 Å². The molecule has 0 aliphatic carbocycles. The van der Waals surface area contributed by atoms with Gasteiger partial charge in [-0.2, -0.15) is 0 Å². The number of hydrogen-bond acceptors (Lipinski definition) is 5. The van der Waals surface area contributed by atoms with Crippen molar-refractivity contribution < 1.29 is 19.1 Å². The number of nitrogens with one attached hydrogen (secondary N) is 1. The largest absolute Gasteiger partial charge is 0.497 e. The predicted octanol–water partition coefficient (Wildman–Crippen LogP) is 0.723. The number of unbranched alkanes of at least 4 members (excludes halogenated alkanes) is 2. The molecular formula is C14H21N3O4. The van der Waals surface area contributed by atoms with Gasteiger partial charge in [0.15, 0.2) is 0 Å². The molecule has 0 aromatic heterocycles. The number of ether oxygens (including phenoxy) is 2. The van der Waals surface area contributed by atoms with E-state index in [1.54, 1.807) is 18.2 Å². The molecule has 0 aliphatic heterocycles. The van der Waals surface area contributed by atoms with Gasteiger partial charge in [-0.25, -0.2) is 5.84 Å². The molecule has 5 N–H and O–H groups in total. The zero-order valence-corrected chi connectivity index (χ0v) is 12.1. The van der Waals surface area contributed by atoms with Crippen LogP contribution in [-0.4, -0.2) is 25.5 Å². The van der Waals surface area contributed by atoms with Gasteiger partial charge in [-0.15, -0.1) is 0 Å². The van der Waals surface area contributed by atoms with Crippen LogP contribution >= 0.6 is 0 Å². The van der Waals surface area contributed by atoms with Gasteiger partial charge in [0.2, 0.25) is 11.8 Å². The average Bonchev–Trinajstić information content (AvgIpc) is 2.49. The van der Waals surface area contributed by atoms with Crippen molar-refractivity contribution in [1.82, 2.24) is 5.43 Å². The normalized spacial score (nSPS) is 10.0. The molecule has 0 bridgehead atoms. The fourth-order valence-electron chi connectivity index (χ4n) is 1.74. The van der Waals surface area contributed by atoms with Crippen LogP contribution in [0.4, 0.5) is 0 Å². The fraction of sp³-hybridized carbons (Fsp3) is 0.429. The molecule has 0 heterocycles. The number of nitrogens with two attached hydrogens (primary N) is 2. The molecular weight excluding hydrogens is 274 g/mol. The van der Waals surface area contributed by atoms with E-state index in [0.29, 0.717) is 30.1 Å². The number of benzene rings is 1. The lowest BCUT2D eigenvalue weighted by molar-refractivity contribution is -0.121. The van der Waals surface area contributed by atoms with E-state index in [4.69, 9.17) is 21.1 Å². The van der Waals surface area contributed by atoms with E-state index in [0.717, 1.165) is 19.3 Å².